The van der Waals surface area contributed by atoms with Crippen molar-refractivity contribution >= 4 is 39.6 Å². The maximum Gasteiger partial charge on any atom is 0 e. The van der Waals surface area contributed by atoms with Crippen molar-refractivity contribution < 1.29 is 28.9 Å². The summed E-state index contributed by atoms with van der Waals surface area (Å²) in [6.07, 6.45) is 10.4. The van der Waals surface area contributed by atoms with Gasteiger partial charge < -0.3 is 9.40 Å². The Morgan fingerprint density at radius 2 is 1.53 bits per heavy atom. The van der Waals surface area contributed by atoms with Gasteiger partial charge in [0.25, 0.3) is 0 Å². The summed E-state index contributed by atoms with van der Waals surface area (Å²) >= 11 is -1.72. The van der Waals surface area contributed by atoms with Crippen molar-refractivity contribution in [2.24, 2.45) is 0 Å². The molecule has 0 aliphatic heterocycles. The molecule has 249 valence electrons. The Balaban J connectivity index is 0.000000208. The number of furan rings is 1. The third-order valence-corrected chi connectivity index (χ3v) is 13.6. The molecule has 1 aliphatic rings. The first-order valence-electron chi connectivity index (χ1n) is 16.9. The third kappa shape index (κ3) is 7.96. The van der Waals surface area contributed by atoms with E-state index in [-0.39, 0.29) is 25.9 Å². The van der Waals surface area contributed by atoms with Gasteiger partial charge >= 0.3 is 99.8 Å². The molecule has 3 heterocycles. The van der Waals surface area contributed by atoms with Crippen LogP contribution in [0.1, 0.15) is 43.6 Å². The van der Waals surface area contributed by atoms with Gasteiger partial charge in [-0.3, -0.25) is 0 Å². The van der Waals surface area contributed by atoms with Crippen molar-refractivity contribution in [1.82, 2.24) is 9.97 Å². The van der Waals surface area contributed by atoms with E-state index in [2.05, 4.69) is 75.8 Å². The van der Waals surface area contributed by atoms with Gasteiger partial charge in [0.2, 0.25) is 0 Å². The van der Waals surface area contributed by atoms with Crippen LogP contribution in [0, 0.1) is 17.9 Å². The van der Waals surface area contributed by atoms with Crippen molar-refractivity contribution in [2.75, 3.05) is 0 Å². The monoisotopic (exact) mass is 885 g/mol. The number of hydrogen-bond donors (Lipinski definition) is 0. The minimum atomic E-state index is -1.72. The summed E-state index contributed by atoms with van der Waals surface area (Å²) < 4.78 is 21.1. The molecule has 3 nitrogen and oxygen atoms in total. The summed E-state index contributed by atoms with van der Waals surface area (Å²) in [4.78, 5) is 9.20. The fourth-order valence-electron chi connectivity index (χ4n) is 6.58. The van der Waals surface area contributed by atoms with Crippen LogP contribution in [-0.2, 0) is 20.1 Å². The van der Waals surface area contributed by atoms with Gasteiger partial charge in [-0.15, -0.1) is 18.2 Å². The van der Waals surface area contributed by atoms with Crippen LogP contribution in [0.4, 0.5) is 4.39 Å². The molecule has 0 spiro atoms. The van der Waals surface area contributed by atoms with Crippen LogP contribution >= 0.6 is 0 Å². The van der Waals surface area contributed by atoms with E-state index in [9.17, 15) is 4.39 Å². The molecule has 3 aromatic heterocycles. The van der Waals surface area contributed by atoms with Crippen molar-refractivity contribution in [2.45, 2.75) is 55.3 Å². The van der Waals surface area contributed by atoms with Crippen molar-refractivity contribution in [1.29, 1.82) is 0 Å². The summed E-state index contributed by atoms with van der Waals surface area (Å²) in [5, 5.41) is 2.12. The van der Waals surface area contributed by atoms with E-state index in [0.29, 0.717) is 5.92 Å². The zero-order valence-corrected chi connectivity index (χ0v) is 32.6. The van der Waals surface area contributed by atoms with Gasteiger partial charge in [0, 0.05) is 31.7 Å². The molecule has 0 atom stereocenters. The van der Waals surface area contributed by atoms with Gasteiger partial charge in [-0.2, -0.15) is 0 Å². The molecule has 49 heavy (non-hydrogen) atoms. The first-order chi connectivity index (χ1) is 23.3. The Kier molecular flexibility index (Phi) is 10.9. The van der Waals surface area contributed by atoms with Gasteiger partial charge in [0.1, 0.15) is 11.4 Å². The second kappa shape index (κ2) is 15.3. The Morgan fingerprint density at radius 3 is 2.24 bits per heavy atom. The Labute approximate surface area is 304 Å². The van der Waals surface area contributed by atoms with E-state index in [4.69, 9.17) is 4.42 Å². The quantitative estimate of drug-likeness (QED) is 0.128. The molecule has 1 aliphatic carbocycles. The molecule has 0 amide bonds. The number of hydrogen-bond acceptors (Lipinski definition) is 3. The smallest absolute Gasteiger partial charge is 0 e. The first-order valence-corrected chi connectivity index (χ1v) is 24.2. The maximum absolute atomic E-state index is 13.3. The Morgan fingerprint density at radius 1 is 0.735 bits per heavy atom. The molecule has 8 rings (SSSR count). The van der Waals surface area contributed by atoms with Crippen LogP contribution in [0.25, 0.3) is 55.6 Å². The average molecular weight is 884 g/mol. The minimum Gasteiger partial charge on any atom is 0 e. The van der Waals surface area contributed by atoms with Crippen molar-refractivity contribution in [3.8, 4) is 33.6 Å². The van der Waals surface area contributed by atoms with E-state index in [1.807, 2.05) is 54.9 Å². The van der Waals surface area contributed by atoms with Gasteiger partial charge in [0.15, 0.2) is 0 Å². The molecule has 0 saturated heterocycles. The topological polar surface area (TPSA) is 38.9 Å². The second-order valence-corrected chi connectivity index (χ2v) is 24.3. The molecule has 1 saturated carbocycles. The predicted octanol–water partition coefficient (Wildman–Crippen LogP) is 11.4. The minimum absolute atomic E-state index is 0. The zero-order valence-electron chi connectivity index (χ0n) is 28.1. The molecule has 7 aromatic rings. The van der Waals surface area contributed by atoms with Crippen molar-refractivity contribution in [3.05, 3.63) is 139 Å². The summed E-state index contributed by atoms with van der Waals surface area (Å²) in [7, 11) is 0. The molecule has 1 radical (unpaired) electrons. The first kappa shape index (κ1) is 34.9. The van der Waals surface area contributed by atoms with Crippen LogP contribution in [0.3, 0.4) is 0 Å². The van der Waals surface area contributed by atoms with Crippen LogP contribution in [0.2, 0.25) is 17.3 Å². The fourth-order valence-corrected chi connectivity index (χ4v) is 8.75. The average Bonchev–Trinajstić information content (AvgIpc) is 3.51. The summed E-state index contributed by atoms with van der Waals surface area (Å²) in [5.74, 6) is 7.53. The number of benzene rings is 4. The van der Waals surface area contributed by atoms with Gasteiger partial charge in [-0.1, -0.05) is 66.1 Å². The standard InChI is InChI=1S/C29H23FNO.C14H16GeN.Ir/c30-23-12-9-20(10-13-23)21-11-14-24-25-7-4-8-26(29(25)32-28(24)18-21)27-17-22(15-16-31-27)19-5-2-1-3-6-19;1-15(2,3)13-9-10-14(16-11-13)12-7-5-4-6-8-12;/h4,7,9-19H,1-3,5-6H2;4-7,9-11H,1-3H3;/q2*-1;. The normalized spacial score (nSPS) is 13.5. The second-order valence-electron chi connectivity index (χ2n) is 13.7. The number of halogens is 1. The molecule has 4 aromatic carbocycles. The molecule has 6 heteroatoms. The van der Waals surface area contributed by atoms with Gasteiger partial charge in [-0.25, -0.2) is 4.39 Å². The number of nitrogens with zero attached hydrogens (tertiary/aromatic N) is 2. The summed E-state index contributed by atoms with van der Waals surface area (Å²) in [6.45, 7) is 0. The zero-order chi connectivity index (χ0) is 33.1. The Bertz CT molecular complexity index is 2150. The van der Waals surface area contributed by atoms with E-state index in [0.717, 1.165) is 55.6 Å². The Hall–Kier alpha value is -3.90. The van der Waals surface area contributed by atoms with E-state index >= 15 is 0 Å². The number of pyridine rings is 2. The largest absolute Gasteiger partial charge is 0 e. The molecule has 0 N–H and O–H groups in total. The number of aromatic nitrogens is 2. The van der Waals surface area contributed by atoms with E-state index in [1.165, 1.54) is 54.2 Å². The molecular weight excluding hydrogens is 844 g/mol. The number of rotatable bonds is 5. The van der Waals surface area contributed by atoms with Crippen LogP contribution in [0.15, 0.2) is 120 Å². The van der Waals surface area contributed by atoms with E-state index < -0.39 is 13.3 Å². The molecular formula is C43H39FGeIrN2O-2. The SMILES string of the molecule is Fc1ccc(-c2ccc3c(c2)oc2c(-c4cc(C5CCCCC5)ccn4)[c-]ccc23)cc1.[CH3][Ge]([CH3])([CH3])[c]1ccc(-c2[c-]cccc2)nc1.[Ir]. The summed E-state index contributed by atoms with van der Waals surface area (Å²) in [6, 6.07) is 40.0. The molecule has 1 fully saturated rings. The predicted molar refractivity (Wildman–Crippen MR) is 198 cm³/mol. The van der Waals surface area contributed by atoms with E-state index in [1.54, 1.807) is 12.1 Å². The van der Waals surface area contributed by atoms with Crippen LogP contribution in [0.5, 0.6) is 0 Å². The van der Waals surface area contributed by atoms with Gasteiger partial charge in [0.05, 0.1) is 5.58 Å². The van der Waals surface area contributed by atoms with Crippen LogP contribution in [-0.4, -0.2) is 23.2 Å². The molecule has 0 unspecified atom stereocenters. The fraction of sp³-hybridized carbons (Fsp3) is 0.209. The maximum atomic E-state index is 13.3. The van der Waals surface area contributed by atoms with Crippen LogP contribution < -0.4 is 4.40 Å². The summed E-state index contributed by atoms with van der Waals surface area (Å²) in [5.41, 5.74) is 8.84. The third-order valence-electron chi connectivity index (χ3n) is 9.34. The van der Waals surface area contributed by atoms with Gasteiger partial charge in [-0.05, 0) is 59.8 Å². The molecule has 0 bridgehead atoms. The van der Waals surface area contributed by atoms with Crippen molar-refractivity contribution in [3.63, 3.8) is 0 Å². The number of fused-ring (bicyclic) bond motifs is 3.